The van der Waals surface area contributed by atoms with Crippen molar-refractivity contribution in [3.8, 4) is 5.75 Å². The number of carbonyl (C=O) groups excluding carboxylic acids is 1. The molecular weight excluding hydrogens is 236 g/mol. The molecule has 1 aromatic rings. The van der Waals surface area contributed by atoms with E-state index >= 15 is 0 Å². The van der Waals surface area contributed by atoms with Crippen LogP contribution in [-0.2, 0) is 11.2 Å². The molecule has 19 heavy (non-hydrogen) atoms. The second-order valence-corrected chi connectivity index (χ2v) is 5.54. The van der Waals surface area contributed by atoms with Crippen molar-refractivity contribution in [3.05, 3.63) is 29.8 Å². The fourth-order valence-corrected chi connectivity index (χ4v) is 2.91. The van der Waals surface area contributed by atoms with Gasteiger partial charge in [0.25, 0.3) is 0 Å². The molecule has 0 aromatic heterocycles. The molecule has 0 heterocycles. The summed E-state index contributed by atoms with van der Waals surface area (Å²) in [6.07, 6.45) is 9.10. The van der Waals surface area contributed by atoms with Crippen molar-refractivity contribution in [1.29, 1.82) is 0 Å². The predicted octanol–water partition coefficient (Wildman–Crippen LogP) is 4.17. The lowest BCUT2D eigenvalue weighted by atomic mass is 9.86. The van der Waals surface area contributed by atoms with Gasteiger partial charge in [0.05, 0.1) is 7.11 Å². The summed E-state index contributed by atoms with van der Waals surface area (Å²) in [6.45, 7) is 0. The van der Waals surface area contributed by atoms with Crippen LogP contribution in [0, 0.1) is 5.92 Å². The molecule has 1 saturated carbocycles. The second-order valence-electron chi connectivity index (χ2n) is 5.54. The van der Waals surface area contributed by atoms with Crippen molar-refractivity contribution in [2.45, 2.75) is 51.4 Å². The average Bonchev–Trinajstić information content (AvgIpc) is 2.38. The number of carbonyl (C=O) groups is 1. The van der Waals surface area contributed by atoms with E-state index in [2.05, 4.69) is 0 Å². The van der Waals surface area contributed by atoms with Gasteiger partial charge in [-0.1, -0.05) is 44.2 Å². The summed E-state index contributed by atoms with van der Waals surface area (Å²) in [6, 6.07) is 7.87. The van der Waals surface area contributed by atoms with Gasteiger partial charge in [-0.25, -0.2) is 0 Å². The lowest BCUT2D eigenvalue weighted by Gasteiger charge is -2.18. The Morgan fingerprint density at radius 3 is 2.53 bits per heavy atom. The van der Waals surface area contributed by atoms with Crippen LogP contribution in [-0.4, -0.2) is 12.9 Å². The lowest BCUT2D eigenvalue weighted by molar-refractivity contribution is -0.122. The summed E-state index contributed by atoms with van der Waals surface area (Å²) < 4.78 is 5.21. The van der Waals surface area contributed by atoms with E-state index in [1.54, 1.807) is 7.11 Å². The third-order valence-electron chi connectivity index (χ3n) is 4.07. The SMILES string of the molecule is COc1cccc(CC(=O)C2CCCCCCC2)c1. The summed E-state index contributed by atoms with van der Waals surface area (Å²) in [5, 5.41) is 0. The lowest BCUT2D eigenvalue weighted by Crippen LogP contribution is -2.18. The van der Waals surface area contributed by atoms with Gasteiger partial charge < -0.3 is 4.74 Å². The normalized spacial score (nSPS) is 17.5. The van der Waals surface area contributed by atoms with Gasteiger partial charge in [-0.2, -0.15) is 0 Å². The fraction of sp³-hybridized carbons (Fsp3) is 0.588. The number of hydrogen-bond acceptors (Lipinski definition) is 2. The van der Waals surface area contributed by atoms with Crippen LogP contribution in [0.1, 0.15) is 50.5 Å². The van der Waals surface area contributed by atoms with E-state index in [1.165, 1.54) is 32.1 Å². The zero-order valence-corrected chi connectivity index (χ0v) is 11.9. The zero-order valence-electron chi connectivity index (χ0n) is 11.9. The minimum atomic E-state index is 0.284. The molecule has 0 amide bonds. The Morgan fingerprint density at radius 2 is 1.84 bits per heavy atom. The molecule has 0 radical (unpaired) electrons. The van der Waals surface area contributed by atoms with Crippen LogP contribution < -0.4 is 4.74 Å². The van der Waals surface area contributed by atoms with Crippen LogP contribution in [0.3, 0.4) is 0 Å². The van der Waals surface area contributed by atoms with Crippen molar-refractivity contribution >= 4 is 5.78 Å². The highest BCUT2D eigenvalue weighted by molar-refractivity contribution is 5.83. The van der Waals surface area contributed by atoms with Crippen LogP contribution in [0.4, 0.5) is 0 Å². The van der Waals surface area contributed by atoms with Gasteiger partial charge in [-0.05, 0) is 30.5 Å². The highest BCUT2D eigenvalue weighted by Crippen LogP contribution is 2.24. The predicted molar refractivity (Wildman–Crippen MR) is 77.5 cm³/mol. The van der Waals surface area contributed by atoms with Gasteiger partial charge >= 0.3 is 0 Å². The van der Waals surface area contributed by atoms with Crippen LogP contribution in [0.5, 0.6) is 5.75 Å². The Morgan fingerprint density at radius 1 is 1.16 bits per heavy atom. The average molecular weight is 260 g/mol. The molecule has 0 aliphatic heterocycles. The molecule has 0 unspecified atom stereocenters. The molecule has 0 atom stereocenters. The highest BCUT2D eigenvalue weighted by Gasteiger charge is 2.19. The topological polar surface area (TPSA) is 26.3 Å². The van der Waals surface area contributed by atoms with E-state index in [4.69, 9.17) is 4.74 Å². The number of hydrogen-bond donors (Lipinski definition) is 0. The van der Waals surface area contributed by atoms with Crippen molar-refractivity contribution in [2.24, 2.45) is 5.92 Å². The van der Waals surface area contributed by atoms with Gasteiger partial charge in [0, 0.05) is 12.3 Å². The quantitative estimate of drug-likeness (QED) is 0.812. The van der Waals surface area contributed by atoms with Crippen LogP contribution in [0.25, 0.3) is 0 Å². The van der Waals surface area contributed by atoms with Crippen molar-refractivity contribution in [2.75, 3.05) is 7.11 Å². The molecule has 104 valence electrons. The molecule has 1 aliphatic carbocycles. The highest BCUT2D eigenvalue weighted by atomic mass is 16.5. The molecule has 0 N–H and O–H groups in total. The maximum Gasteiger partial charge on any atom is 0.140 e. The number of rotatable bonds is 4. The first kappa shape index (κ1) is 14.1. The van der Waals surface area contributed by atoms with E-state index < -0.39 is 0 Å². The first-order valence-electron chi connectivity index (χ1n) is 7.45. The Hall–Kier alpha value is -1.31. The van der Waals surface area contributed by atoms with E-state index in [-0.39, 0.29) is 5.92 Å². The standard InChI is InChI=1S/C17H24O2/c1-19-16-11-7-8-14(12-16)13-17(18)15-9-5-3-2-4-6-10-15/h7-8,11-12,15H,2-6,9-10,13H2,1H3. The Balaban J connectivity index is 1.94. The van der Waals surface area contributed by atoms with Gasteiger partial charge in [0.2, 0.25) is 0 Å². The molecule has 2 rings (SSSR count). The van der Waals surface area contributed by atoms with Crippen molar-refractivity contribution in [1.82, 2.24) is 0 Å². The zero-order chi connectivity index (χ0) is 13.5. The number of ketones is 1. The molecule has 0 bridgehead atoms. The molecular formula is C17H24O2. The van der Waals surface area contributed by atoms with Gasteiger partial charge in [0.1, 0.15) is 11.5 Å². The summed E-state index contributed by atoms with van der Waals surface area (Å²) in [5.41, 5.74) is 1.08. The summed E-state index contributed by atoms with van der Waals surface area (Å²) in [4.78, 5) is 12.4. The molecule has 1 fully saturated rings. The molecule has 2 nitrogen and oxygen atoms in total. The number of Topliss-reactive ketones (excluding diaryl/α,β-unsaturated/α-hetero) is 1. The van der Waals surface area contributed by atoms with Crippen LogP contribution in [0.15, 0.2) is 24.3 Å². The Labute approximate surface area is 116 Å². The van der Waals surface area contributed by atoms with Gasteiger partial charge in [0.15, 0.2) is 0 Å². The van der Waals surface area contributed by atoms with Gasteiger partial charge in [-0.15, -0.1) is 0 Å². The summed E-state index contributed by atoms with van der Waals surface area (Å²) in [5.74, 6) is 1.53. The monoisotopic (exact) mass is 260 g/mol. The Kier molecular flexibility index (Phi) is 5.44. The minimum absolute atomic E-state index is 0.284. The number of ether oxygens (including phenoxy) is 1. The molecule has 0 spiro atoms. The van der Waals surface area contributed by atoms with Gasteiger partial charge in [-0.3, -0.25) is 4.79 Å². The fourth-order valence-electron chi connectivity index (χ4n) is 2.91. The first-order chi connectivity index (χ1) is 9.29. The maximum atomic E-state index is 12.4. The van der Waals surface area contributed by atoms with Crippen LogP contribution >= 0.6 is 0 Å². The van der Waals surface area contributed by atoms with E-state index in [0.29, 0.717) is 12.2 Å². The third kappa shape index (κ3) is 4.38. The second kappa shape index (κ2) is 7.32. The maximum absolute atomic E-state index is 12.4. The molecule has 2 heteroatoms. The number of benzene rings is 1. The largest absolute Gasteiger partial charge is 0.497 e. The van der Waals surface area contributed by atoms with Crippen molar-refractivity contribution in [3.63, 3.8) is 0 Å². The Bertz CT molecular complexity index is 403. The molecule has 1 aliphatic rings. The smallest absolute Gasteiger partial charge is 0.140 e. The molecule has 0 saturated heterocycles. The minimum Gasteiger partial charge on any atom is -0.497 e. The molecule has 1 aromatic carbocycles. The van der Waals surface area contributed by atoms with E-state index in [9.17, 15) is 4.79 Å². The van der Waals surface area contributed by atoms with E-state index in [0.717, 1.165) is 24.2 Å². The summed E-state index contributed by atoms with van der Waals surface area (Å²) in [7, 11) is 1.66. The van der Waals surface area contributed by atoms with Crippen molar-refractivity contribution < 1.29 is 9.53 Å². The first-order valence-corrected chi connectivity index (χ1v) is 7.45. The third-order valence-corrected chi connectivity index (χ3v) is 4.07. The number of methoxy groups -OCH3 is 1. The van der Waals surface area contributed by atoms with E-state index in [1.807, 2.05) is 24.3 Å². The van der Waals surface area contributed by atoms with Crippen LogP contribution in [0.2, 0.25) is 0 Å². The summed E-state index contributed by atoms with van der Waals surface area (Å²) >= 11 is 0.